The average molecular weight is 389 g/mol. The van der Waals surface area contributed by atoms with Crippen LogP contribution in [0.15, 0.2) is 54.6 Å². The Morgan fingerprint density at radius 1 is 0.889 bits per heavy atom. The van der Waals surface area contributed by atoms with E-state index in [4.69, 9.17) is 0 Å². The Bertz CT molecular complexity index is 862. The highest BCUT2D eigenvalue weighted by Gasteiger charge is 2.26. The van der Waals surface area contributed by atoms with Crippen LogP contribution >= 0.6 is 0 Å². The van der Waals surface area contributed by atoms with Gasteiger partial charge < -0.3 is 4.90 Å². The van der Waals surface area contributed by atoms with Crippen molar-refractivity contribution in [3.63, 3.8) is 0 Å². The molecule has 1 heterocycles. The van der Waals surface area contributed by atoms with Crippen LogP contribution in [0.25, 0.3) is 0 Å². The second kappa shape index (κ2) is 8.60. The van der Waals surface area contributed by atoms with Gasteiger partial charge in [0.25, 0.3) is 5.69 Å². The van der Waals surface area contributed by atoms with Gasteiger partial charge in [0.05, 0.1) is 10.7 Å². The highest BCUT2D eigenvalue weighted by molar-refractivity contribution is 7.88. The van der Waals surface area contributed by atoms with E-state index in [0.29, 0.717) is 26.2 Å². The second-order valence-corrected chi connectivity index (χ2v) is 8.62. The zero-order valence-corrected chi connectivity index (χ0v) is 15.8. The monoisotopic (exact) mass is 389 g/mol. The van der Waals surface area contributed by atoms with Crippen LogP contribution in [0.2, 0.25) is 0 Å². The first-order chi connectivity index (χ1) is 12.9. The molecule has 2 aromatic carbocycles. The Morgan fingerprint density at radius 2 is 1.52 bits per heavy atom. The maximum atomic E-state index is 12.6. The Labute approximate surface area is 159 Å². The molecule has 0 saturated carbocycles. The fourth-order valence-corrected chi connectivity index (χ4v) is 4.69. The summed E-state index contributed by atoms with van der Waals surface area (Å²) in [6, 6.07) is 15.8. The average Bonchev–Trinajstić information content (AvgIpc) is 2.67. The lowest BCUT2D eigenvalue weighted by Gasteiger charge is -2.34. The number of sulfonamides is 1. The van der Waals surface area contributed by atoms with Gasteiger partial charge in [0, 0.05) is 44.9 Å². The summed E-state index contributed by atoms with van der Waals surface area (Å²) in [6.07, 6.45) is 0.786. The van der Waals surface area contributed by atoms with Crippen LogP contribution in [0.4, 0.5) is 5.69 Å². The van der Waals surface area contributed by atoms with Crippen LogP contribution < -0.4 is 0 Å². The van der Waals surface area contributed by atoms with Crippen LogP contribution in [0.1, 0.15) is 11.1 Å². The normalized spacial score (nSPS) is 16.3. The van der Waals surface area contributed by atoms with Gasteiger partial charge >= 0.3 is 0 Å². The van der Waals surface area contributed by atoms with Gasteiger partial charge in [-0.05, 0) is 17.5 Å². The number of nitro benzene ring substituents is 1. The maximum absolute atomic E-state index is 12.6. The van der Waals surface area contributed by atoms with E-state index in [1.807, 2.05) is 30.3 Å². The molecule has 1 aliphatic heterocycles. The molecule has 0 amide bonds. The van der Waals surface area contributed by atoms with Crippen molar-refractivity contribution < 1.29 is 13.3 Å². The largest absolute Gasteiger partial charge is 0.300 e. The fourth-order valence-electron chi connectivity index (χ4n) is 3.18. The highest BCUT2D eigenvalue weighted by Crippen LogP contribution is 2.15. The summed E-state index contributed by atoms with van der Waals surface area (Å²) in [6.45, 7) is 3.19. The number of nitro groups is 1. The molecule has 0 aliphatic carbocycles. The first-order valence-corrected chi connectivity index (χ1v) is 10.5. The molecule has 0 unspecified atom stereocenters. The number of hydrogen-bond donors (Lipinski definition) is 0. The predicted molar refractivity (Wildman–Crippen MR) is 104 cm³/mol. The summed E-state index contributed by atoms with van der Waals surface area (Å²) in [4.78, 5) is 12.5. The van der Waals surface area contributed by atoms with Crippen molar-refractivity contribution in [1.29, 1.82) is 0 Å². The molecule has 1 saturated heterocycles. The van der Waals surface area contributed by atoms with Gasteiger partial charge in [-0.15, -0.1) is 0 Å². The Balaban J connectivity index is 1.47. The summed E-state index contributed by atoms with van der Waals surface area (Å²) < 4.78 is 26.7. The topological polar surface area (TPSA) is 83.8 Å². The zero-order valence-electron chi connectivity index (χ0n) is 15.0. The van der Waals surface area contributed by atoms with Crippen molar-refractivity contribution in [1.82, 2.24) is 9.21 Å². The maximum Gasteiger partial charge on any atom is 0.269 e. The fraction of sp³-hybridized carbons (Fsp3) is 0.368. The molecule has 0 spiro atoms. The van der Waals surface area contributed by atoms with E-state index in [9.17, 15) is 18.5 Å². The Kier molecular flexibility index (Phi) is 6.20. The van der Waals surface area contributed by atoms with Crippen molar-refractivity contribution in [2.75, 3.05) is 32.7 Å². The van der Waals surface area contributed by atoms with E-state index in [1.165, 1.54) is 12.1 Å². The molecule has 0 atom stereocenters. The van der Waals surface area contributed by atoms with Gasteiger partial charge in [0.15, 0.2) is 0 Å². The van der Waals surface area contributed by atoms with E-state index in [0.717, 1.165) is 24.1 Å². The lowest BCUT2D eigenvalue weighted by atomic mass is 10.1. The van der Waals surface area contributed by atoms with Gasteiger partial charge in [0.2, 0.25) is 10.0 Å². The summed E-state index contributed by atoms with van der Waals surface area (Å²) in [5.74, 6) is 0.0383. The van der Waals surface area contributed by atoms with Gasteiger partial charge in [0.1, 0.15) is 0 Å². The van der Waals surface area contributed by atoms with Crippen LogP contribution in [0.5, 0.6) is 0 Å². The molecule has 27 heavy (non-hydrogen) atoms. The minimum Gasteiger partial charge on any atom is -0.300 e. The molecule has 0 bridgehead atoms. The van der Waals surface area contributed by atoms with Crippen molar-refractivity contribution in [3.05, 3.63) is 75.8 Å². The highest BCUT2D eigenvalue weighted by atomic mass is 32.2. The van der Waals surface area contributed by atoms with Gasteiger partial charge in [-0.1, -0.05) is 42.5 Å². The van der Waals surface area contributed by atoms with Crippen LogP contribution in [0, 0.1) is 10.1 Å². The third kappa shape index (κ3) is 5.35. The van der Waals surface area contributed by atoms with E-state index in [2.05, 4.69) is 4.90 Å². The second-order valence-electron chi connectivity index (χ2n) is 6.66. The van der Waals surface area contributed by atoms with Crippen molar-refractivity contribution >= 4 is 15.7 Å². The molecular formula is C19H23N3O4S. The van der Waals surface area contributed by atoms with E-state index in [1.54, 1.807) is 16.4 Å². The summed E-state index contributed by atoms with van der Waals surface area (Å²) >= 11 is 0. The lowest BCUT2D eigenvalue weighted by molar-refractivity contribution is -0.384. The van der Waals surface area contributed by atoms with Crippen LogP contribution in [0.3, 0.4) is 0 Å². The summed E-state index contributed by atoms with van der Waals surface area (Å²) in [7, 11) is -3.30. The summed E-state index contributed by atoms with van der Waals surface area (Å²) in [5.41, 5.74) is 1.94. The molecule has 144 valence electrons. The number of hydrogen-bond acceptors (Lipinski definition) is 5. The minimum absolute atomic E-state index is 0.0383. The molecule has 1 fully saturated rings. The smallest absolute Gasteiger partial charge is 0.269 e. The molecule has 1 aliphatic rings. The lowest BCUT2D eigenvalue weighted by Crippen LogP contribution is -2.49. The third-order valence-corrected chi connectivity index (χ3v) is 6.63. The van der Waals surface area contributed by atoms with Gasteiger partial charge in [-0.3, -0.25) is 10.1 Å². The SMILES string of the molecule is O=[N+]([O-])c1ccc(CCN2CCN(S(=O)(=O)Cc3ccccc3)CC2)cc1. The quantitative estimate of drug-likeness (QED) is 0.536. The first-order valence-electron chi connectivity index (χ1n) is 8.91. The van der Waals surface area contributed by atoms with E-state index in [-0.39, 0.29) is 11.4 Å². The minimum atomic E-state index is -3.30. The van der Waals surface area contributed by atoms with Crippen LogP contribution in [-0.4, -0.2) is 55.3 Å². The number of nitrogens with zero attached hydrogens (tertiary/aromatic N) is 3. The molecule has 0 radical (unpaired) electrons. The number of piperazine rings is 1. The first kappa shape index (κ1) is 19.5. The molecule has 8 heteroatoms. The molecule has 0 N–H and O–H groups in total. The van der Waals surface area contributed by atoms with Gasteiger partial charge in [-0.25, -0.2) is 8.42 Å². The van der Waals surface area contributed by atoms with E-state index < -0.39 is 14.9 Å². The molecule has 0 aromatic heterocycles. The van der Waals surface area contributed by atoms with Gasteiger partial charge in [-0.2, -0.15) is 4.31 Å². The molecular weight excluding hydrogens is 366 g/mol. The zero-order chi connectivity index (χ0) is 19.3. The Morgan fingerprint density at radius 3 is 2.11 bits per heavy atom. The Hall–Kier alpha value is -2.29. The number of non-ortho nitro benzene ring substituents is 1. The van der Waals surface area contributed by atoms with Crippen LogP contribution in [-0.2, 0) is 22.2 Å². The number of rotatable bonds is 7. The molecule has 2 aromatic rings. The summed E-state index contributed by atoms with van der Waals surface area (Å²) in [5, 5.41) is 10.7. The molecule has 3 rings (SSSR count). The van der Waals surface area contributed by atoms with Crippen molar-refractivity contribution in [3.8, 4) is 0 Å². The standard InChI is InChI=1S/C19H23N3O4S/c23-22(24)19-8-6-17(7-9-19)10-11-20-12-14-21(15-13-20)27(25,26)16-18-4-2-1-3-5-18/h1-9H,10-16H2. The van der Waals surface area contributed by atoms with Crippen molar-refractivity contribution in [2.24, 2.45) is 0 Å². The third-order valence-electron chi connectivity index (χ3n) is 4.78. The van der Waals surface area contributed by atoms with Crippen molar-refractivity contribution in [2.45, 2.75) is 12.2 Å². The number of benzene rings is 2. The van der Waals surface area contributed by atoms with E-state index >= 15 is 0 Å². The predicted octanol–water partition coefficient (Wildman–Crippen LogP) is 2.28. The molecule has 7 nitrogen and oxygen atoms in total.